The van der Waals surface area contributed by atoms with Crippen molar-refractivity contribution in [3.05, 3.63) is 40.0 Å². The highest BCUT2D eigenvalue weighted by molar-refractivity contribution is 8.13. The van der Waals surface area contributed by atoms with E-state index in [0.29, 0.717) is 23.6 Å². The summed E-state index contributed by atoms with van der Waals surface area (Å²) >= 11 is 2.43. The number of allylic oxidation sites excluding steroid dienone is 2. The lowest BCUT2D eigenvalue weighted by atomic mass is 10.0. The topological polar surface area (TPSA) is 170 Å². The molecular formula is C40H66N4O9S2Si. The van der Waals surface area contributed by atoms with Gasteiger partial charge in [0.1, 0.15) is 34.1 Å². The number of hydrogen-bond donors (Lipinski definition) is 2. The number of unbranched alkanes of at least 4 members (excludes halogenated alkanes) is 4. The lowest BCUT2D eigenvalue weighted by Crippen LogP contribution is -2.49. The molecule has 0 spiro atoms. The molecule has 1 heterocycles. The zero-order valence-corrected chi connectivity index (χ0v) is 38.0. The lowest BCUT2D eigenvalue weighted by Gasteiger charge is -2.31. The smallest absolute Gasteiger partial charge is 0.408 e. The largest absolute Gasteiger partial charge is 0.466 e. The van der Waals surface area contributed by atoms with E-state index in [4.69, 9.17) is 14.2 Å². The first-order valence-corrected chi connectivity index (χ1v) is 25.1. The standard InChI is InChI=1S/C40H66N4O9S2Si/c1-12-14-15-16-17-21-34(46)54-23-19-18-20-29(25-33(45)51-22-24-56(9,10)11)52-38(49)35(28(3)4)44(8)37(48)30(13-2)43-36(47)31-27-55-32(42-31)26-41-39(50)53-40(5,6)7/h13,18,20,27-29,35H,12,14-17,19,21-26H2,1-11H3,(H,41,50)(H,43,47)/t29-,35+/m1/s1. The highest BCUT2D eigenvalue weighted by atomic mass is 32.2. The van der Waals surface area contributed by atoms with Gasteiger partial charge in [-0.15, -0.1) is 11.3 Å². The summed E-state index contributed by atoms with van der Waals surface area (Å²) in [7, 11) is -0.00134. The highest BCUT2D eigenvalue weighted by Gasteiger charge is 2.34. The fourth-order valence-corrected chi connectivity index (χ4v) is 7.28. The molecule has 0 aliphatic heterocycles. The van der Waals surface area contributed by atoms with Crippen molar-refractivity contribution >= 4 is 66.1 Å². The number of ether oxygens (including phenoxy) is 3. The summed E-state index contributed by atoms with van der Waals surface area (Å²) in [5, 5.41) is 7.29. The summed E-state index contributed by atoms with van der Waals surface area (Å²) in [5.41, 5.74) is -0.699. The molecule has 0 saturated carbocycles. The van der Waals surface area contributed by atoms with Crippen molar-refractivity contribution in [1.82, 2.24) is 20.5 Å². The normalized spacial score (nSPS) is 13.2. The summed E-state index contributed by atoms with van der Waals surface area (Å²) in [5.74, 6) is -2.36. The molecule has 13 nitrogen and oxygen atoms in total. The number of hydrogen-bond acceptors (Lipinski definition) is 12. The Hall–Kier alpha value is -3.50. The molecule has 0 unspecified atom stereocenters. The maximum absolute atomic E-state index is 13.8. The van der Waals surface area contributed by atoms with Gasteiger partial charge in [0.25, 0.3) is 11.8 Å². The zero-order chi connectivity index (χ0) is 42.5. The maximum Gasteiger partial charge on any atom is 0.408 e. The fourth-order valence-electron chi connectivity index (χ4n) is 5.08. The van der Waals surface area contributed by atoms with Crippen molar-refractivity contribution in [3.63, 3.8) is 0 Å². The average Bonchev–Trinajstić information content (AvgIpc) is 3.57. The Morgan fingerprint density at radius 1 is 1.05 bits per heavy atom. The van der Waals surface area contributed by atoms with Crippen LogP contribution in [0.15, 0.2) is 29.3 Å². The number of aromatic nitrogens is 1. The fraction of sp³-hybridized carbons (Fsp3) is 0.675. The molecule has 1 aromatic heterocycles. The van der Waals surface area contributed by atoms with E-state index >= 15 is 0 Å². The van der Waals surface area contributed by atoms with E-state index in [2.05, 4.69) is 42.2 Å². The predicted octanol–water partition coefficient (Wildman–Crippen LogP) is 8.03. The van der Waals surface area contributed by atoms with Crippen LogP contribution in [0.2, 0.25) is 25.7 Å². The van der Waals surface area contributed by atoms with Gasteiger partial charge in [-0.3, -0.25) is 19.2 Å². The molecule has 56 heavy (non-hydrogen) atoms. The van der Waals surface area contributed by atoms with E-state index in [9.17, 15) is 28.8 Å². The van der Waals surface area contributed by atoms with Gasteiger partial charge in [-0.25, -0.2) is 14.6 Å². The number of carbonyl (C=O) groups excluding carboxylic acids is 6. The van der Waals surface area contributed by atoms with Gasteiger partial charge in [-0.05, 0) is 58.6 Å². The Kier molecular flexibility index (Phi) is 23.2. The van der Waals surface area contributed by atoms with Crippen molar-refractivity contribution in [2.45, 2.75) is 150 Å². The van der Waals surface area contributed by atoms with E-state index < -0.39 is 61.6 Å². The molecule has 3 amide bonds. The zero-order valence-electron chi connectivity index (χ0n) is 35.4. The Labute approximate surface area is 343 Å². The molecule has 0 fully saturated rings. The van der Waals surface area contributed by atoms with Crippen LogP contribution in [0.4, 0.5) is 4.79 Å². The molecular weight excluding hydrogens is 773 g/mol. The quantitative estimate of drug-likeness (QED) is 0.0258. The van der Waals surface area contributed by atoms with Crippen LogP contribution in [0.3, 0.4) is 0 Å². The van der Waals surface area contributed by atoms with Gasteiger partial charge in [0.15, 0.2) is 5.12 Å². The minimum atomic E-state index is -1.45. The van der Waals surface area contributed by atoms with E-state index in [1.54, 1.807) is 53.7 Å². The number of amides is 3. The Morgan fingerprint density at radius 3 is 2.34 bits per heavy atom. The Morgan fingerprint density at radius 2 is 1.73 bits per heavy atom. The van der Waals surface area contributed by atoms with Crippen LogP contribution in [0.5, 0.6) is 0 Å². The first-order chi connectivity index (χ1) is 26.2. The number of esters is 2. The number of thioether (sulfide) groups is 1. The second kappa shape index (κ2) is 25.7. The second-order valence-electron chi connectivity index (χ2n) is 16.1. The molecule has 0 radical (unpaired) electrons. The second-order valence-corrected chi connectivity index (χ2v) is 23.8. The van der Waals surface area contributed by atoms with Gasteiger partial charge in [0.05, 0.1) is 19.6 Å². The van der Waals surface area contributed by atoms with Crippen LogP contribution in [0.1, 0.15) is 115 Å². The molecule has 0 saturated heterocycles. The average molecular weight is 839 g/mol. The molecule has 2 N–H and O–H groups in total. The number of alkyl carbamates (subject to hydrolysis) is 1. The molecule has 2 atom stereocenters. The van der Waals surface area contributed by atoms with Crippen LogP contribution < -0.4 is 10.6 Å². The third-order valence-electron chi connectivity index (χ3n) is 8.08. The van der Waals surface area contributed by atoms with Crippen molar-refractivity contribution < 1.29 is 43.0 Å². The van der Waals surface area contributed by atoms with Crippen LogP contribution in [-0.2, 0) is 39.9 Å². The third kappa shape index (κ3) is 21.7. The Bertz CT molecular complexity index is 1500. The molecule has 0 aliphatic carbocycles. The minimum absolute atomic E-state index is 0.0437. The Balaban J connectivity index is 2.99. The van der Waals surface area contributed by atoms with E-state index in [-0.39, 0.29) is 36.1 Å². The van der Waals surface area contributed by atoms with Crippen molar-refractivity contribution in [3.8, 4) is 0 Å². The van der Waals surface area contributed by atoms with Gasteiger partial charge in [-0.1, -0.05) is 90.0 Å². The summed E-state index contributed by atoms with van der Waals surface area (Å²) in [4.78, 5) is 83.2. The van der Waals surface area contributed by atoms with Crippen LogP contribution in [-0.4, -0.2) is 90.1 Å². The van der Waals surface area contributed by atoms with Crippen LogP contribution in [0.25, 0.3) is 0 Å². The van der Waals surface area contributed by atoms with E-state index in [1.807, 2.05) is 0 Å². The molecule has 0 bridgehead atoms. The van der Waals surface area contributed by atoms with Crippen molar-refractivity contribution in [2.75, 3.05) is 19.4 Å². The molecule has 1 aromatic rings. The maximum atomic E-state index is 13.8. The molecule has 16 heteroatoms. The van der Waals surface area contributed by atoms with Crippen molar-refractivity contribution in [2.24, 2.45) is 5.92 Å². The SMILES string of the molecule is CC=C(NC(=O)c1csc(CNC(=O)OC(C)(C)C)n1)C(=O)N(C)[C@H](C(=O)O[C@H](C=CCCSC(=O)CCCCCCC)CC(=O)OCC[Si](C)(C)C)C(C)C. The molecule has 316 valence electrons. The van der Waals surface area contributed by atoms with E-state index in [0.717, 1.165) is 43.1 Å². The third-order valence-corrected chi connectivity index (χ3v) is 11.6. The number of nitrogens with zero attached hydrogens (tertiary/aromatic N) is 2. The number of likely N-dealkylation sites (N-methyl/N-ethyl adjacent to an activating group) is 1. The van der Waals surface area contributed by atoms with Gasteiger partial charge in [-0.2, -0.15) is 0 Å². The minimum Gasteiger partial charge on any atom is -0.466 e. The van der Waals surface area contributed by atoms with Gasteiger partial charge in [0, 0.05) is 32.7 Å². The molecule has 0 aliphatic rings. The number of rotatable bonds is 24. The molecule has 0 aromatic carbocycles. The predicted molar refractivity (Wildman–Crippen MR) is 226 cm³/mol. The first-order valence-electron chi connectivity index (χ1n) is 19.5. The number of carbonyl (C=O) groups is 6. The van der Waals surface area contributed by atoms with Gasteiger partial charge < -0.3 is 29.7 Å². The first kappa shape index (κ1) is 50.5. The number of thiazole rings is 1. The van der Waals surface area contributed by atoms with Crippen molar-refractivity contribution in [1.29, 1.82) is 0 Å². The van der Waals surface area contributed by atoms with Crippen LogP contribution in [0, 0.1) is 5.92 Å². The van der Waals surface area contributed by atoms with Gasteiger partial charge >= 0.3 is 18.0 Å². The molecule has 1 rings (SSSR count). The number of nitrogens with one attached hydrogen (secondary N) is 2. The summed E-state index contributed by atoms with van der Waals surface area (Å²) in [6.45, 7) is 19.4. The summed E-state index contributed by atoms with van der Waals surface area (Å²) in [6.07, 6.45) is 9.55. The monoisotopic (exact) mass is 838 g/mol. The highest BCUT2D eigenvalue weighted by Crippen LogP contribution is 2.19. The van der Waals surface area contributed by atoms with Crippen LogP contribution >= 0.6 is 23.1 Å². The van der Waals surface area contributed by atoms with E-state index in [1.165, 1.54) is 41.6 Å². The van der Waals surface area contributed by atoms with Gasteiger partial charge in [0.2, 0.25) is 0 Å². The summed E-state index contributed by atoms with van der Waals surface area (Å²) < 4.78 is 16.6. The summed E-state index contributed by atoms with van der Waals surface area (Å²) in [6, 6.07) is -0.271. The lowest BCUT2D eigenvalue weighted by molar-refractivity contribution is -0.160.